The molecule has 0 aliphatic carbocycles. The Bertz CT molecular complexity index is 710. The minimum atomic E-state index is -0.588. The van der Waals surface area contributed by atoms with Gasteiger partial charge in [-0.05, 0) is 24.3 Å². The van der Waals surface area contributed by atoms with Crippen LogP contribution in [-0.4, -0.2) is 17.6 Å². The number of hydrogen-bond donors (Lipinski definition) is 2. The van der Waals surface area contributed by atoms with Crippen LogP contribution in [0.5, 0.6) is 0 Å². The van der Waals surface area contributed by atoms with Gasteiger partial charge in [0.05, 0.1) is 17.5 Å². The van der Waals surface area contributed by atoms with E-state index in [2.05, 4.69) is 17.2 Å². The molecule has 0 spiro atoms. The average Bonchev–Trinajstić information content (AvgIpc) is 2.96. The number of benzene rings is 1. The molecule has 21 heavy (non-hydrogen) atoms. The van der Waals surface area contributed by atoms with Crippen molar-refractivity contribution in [2.45, 2.75) is 13.3 Å². The zero-order chi connectivity index (χ0) is 15.2. The summed E-state index contributed by atoms with van der Waals surface area (Å²) in [4.78, 5) is 12.1. The quantitative estimate of drug-likeness (QED) is 0.853. The van der Waals surface area contributed by atoms with Crippen LogP contribution in [0, 0.1) is 17.7 Å². The van der Waals surface area contributed by atoms with Crippen LogP contribution in [0.1, 0.15) is 28.6 Å². The highest BCUT2D eigenvalue weighted by Gasteiger charge is 2.15. The maximum atomic E-state index is 13.9. The molecule has 0 saturated heterocycles. The first-order valence-corrected chi connectivity index (χ1v) is 6.42. The van der Waals surface area contributed by atoms with E-state index in [-0.39, 0.29) is 12.3 Å². The molecule has 4 nitrogen and oxygen atoms in total. The maximum absolute atomic E-state index is 13.9. The zero-order valence-corrected chi connectivity index (χ0v) is 11.4. The number of aryl methyl sites for hydroxylation is 1. The Kier molecular flexibility index (Phi) is 4.75. The van der Waals surface area contributed by atoms with E-state index in [1.807, 2.05) is 6.92 Å². The molecule has 0 bridgehead atoms. The molecule has 0 unspecified atom stereocenters. The molecule has 1 aromatic carbocycles. The predicted molar refractivity (Wildman–Crippen MR) is 76.4 cm³/mol. The van der Waals surface area contributed by atoms with Crippen LogP contribution in [0.3, 0.4) is 0 Å². The number of aliphatic hydroxyl groups excluding tert-OH is 1. The molecule has 1 amide bonds. The summed E-state index contributed by atoms with van der Waals surface area (Å²) in [7, 11) is 0. The molecule has 0 atom stereocenters. The lowest BCUT2D eigenvalue weighted by Gasteiger charge is -2.06. The molecule has 0 fully saturated rings. The summed E-state index contributed by atoms with van der Waals surface area (Å²) in [6, 6.07) is 5.75. The van der Waals surface area contributed by atoms with E-state index in [0.717, 1.165) is 0 Å². The second-order valence-electron chi connectivity index (χ2n) is 4.22. The molecule has 2 N–H and O–H groups in total. The van der Waals surface area contributed by atoms with E-state index in [0.29, 0.717) is 23.3 Å². The lowest BCUT2D eigenvalue weighted by Crippen LogP contribution is -2.13. The third kappa shape index (κ3) is 3.50. The molecular formula is C16H14FNO3. The fourth-order valence-electron chi connectivity index (χ4n) is 1.84. The Morgan fingerprint density at radius 2 is 2.24 bits per heavy atom. The molecular weight excluding hydrogens is 273 g/mol. The molecule has 0 aliphatic rings. The predicted octanol–water partition coefficient (Wildman–Crippen LogP) is 2.58. The lowest BCUT2D eigenvalue weighted by atomic mass is 10.1. The number of halogens is 1. The van der Waals surface area contributed by atoms with Crippen molar-refractivity contribution in [1.82, 2.24) is 0 Å². The minimum absolute atomic E-state index is 0.0674. The van der Waals surface area contributed by atoms with Gasteiger partial charge in [0.1, 0.15) is 18.2 Å². The molecule has 2 aromatic rings. The fourth-order valence-corrected chi connectivity index (χ4v) is 1.84. The smallest absolute Gasteiger partial charge is 0.259 e. The number of anilines is 1. The van der Waals surface area contributed by atoms with Gasteiger partial charge >= 0.3 is 0 Å². The maximum Gasteiger partial charge on any atom is 0.259 e. The van der Waals surface area contributed by atoms with E-state index in [9.17, 15) is 9.18 Å². The first-order chi connectivity index (χ1) is 10.2. The largest absolute Gasteiger partial charge is 0.469 e. The van der Waals surface area contributed by atoms with Crippen molar-refractivity contribution in [3.05, 3.63) is 53.2 Å². The van der Waals surface area contributed by atoms with Gasteiger partial charge in [-0.15, -0.1) is 0 Å². The zero-order valence-electron chi connectivity index (χ0n) is 11.4. The number of nitrogens with one attached hydrogen (secondary N) is 1. The first-order valence-electron chi connectivity index (χ1n) is 6.42. The number of amides is 1. The third-order valence-corrected chi connectivity index (χ3v) is 2.84. The molecule has 1 aromatic heterocycles. The van der Waals surface area contributed by atoms with Crippen LogP contribution >= 0.6 is 0 Å². The second kappa shape index (κ2) is 6.73. The van der Waals surface area contributed by atoms with Gasteiger partial charge in [0, 0.05) is 12.0 Å². The summed E-state index contributed by atoms with van der Waals surface area (Å²) in [6.07, 6.45) is 2.01. The Balaban J connectivity index is 2.18. The van der Waals surface area contributed by atoms with Crippen LogP contribution in [-0.2, 0) is 6.42 Å². The Labute approximate surface area is 121 Å². The summed E-state index contributed by atoms with van der Waals surface area (Å²) in [6.45, 7) is 1.57. The van der Waals surface area contributed by atoms with E-state index in [4.69, 9.17) is 9.52 Å². The Morgan fingerprint density at radius 3 is 2.90 bits per heavy atom. The third-order valence-electron chi connectivity index (χ3n) is 2.84. The first kappa shape index (κ1) is 14.8. The van der Waals surface area contributed by atoms with Crippen molar-refractivity contribution in [2.75, 3.05) is 11.9 Å². The molecule has 0 saturated carbocycles. The molecule has 1 heterocycles. The van der Waals surface area contributed by atoms with Gasteiger partial charge in [-0.25, -0.2) is 4.39 Å². The van der Waals surface area contributed by atoms with Crippen molar-refractivity contribution in [1.29, 1.82) is 0 Å². The van der Waals surface area contributed by atoms with Gasteiger partial charge in [-0.2, -0.15) is 0 Å². The van der Waals surface area contributed by atoms with E-state index in [1.54, 1.807) is 12.1 Å². The van der Waals surface area contributed by atoms with E-state index >= 15 is 0 Å². The highest BCUT2D eigenvalue weighted by molar-refractivity contribution is 6.05. The standard InChI is InChI=1S/C16H14FNO3/c1-2-15-12(7-9-21-15)16(20)18-14-6-5-11(4-3-8-19)10-13(14)17/h5-7,9-10,19H,2,8H2,1H3,(H,18,20). The van der Waals surface area contributed by atoms with Crippen molar-refractivity contribution >= 4 is 11.6 Å². The normalized spacial score (nSPS) is 9.86. The molecule has 0 aliphatic heterocycles. The van der Waals surface area contributed by atoms with Crippen LogP contribution in [0.25, 0.3) is 0 Å². The Morgan fingerprint density at radius 1 is 1.43 bits per heavy atom. The number of hydrogen-bond acceptors (Lipinski definition) is 3. The summed E-state index contributed by atoms with van der Waals surface area (Å²) in [5.74, 6) is 4.57. The molecule has 0 radical (unpaired) electrons. The van der Waals surface area contributed by atoms with Crippen LogP contribution in [0.4, 0.5) is 10.1 Å². The van der Waals surface area contributed by atoms with E-state index in [1.165, 1.54) is 18.4 Å². The van der Waals surface area contributed by atoms with Crippen LogP contribution in [0.15, 0.2) is 34.9 Å². The summed E-state index contributed by atoms with van der Waals surface area (Å²) in [5, 5.41) is 11.1. The van der Waals surface area contributed by atoms with Gasteiger partial charge in [0.25, 0.3) is 5.91 Å². The van der Waals surface area contributed by atoms with Crippen LogP contribution in [0.2, 0.25) is 0 Å². The summed E-state index contributed by atoms with van der Waals surface area (Å²) < 4.78 is 19.1. The van der Waals surface area contributed by atoms with Crippen molar-refractivity contribution in [3.8, 4) is 11.8 Å². The van der Waals surface area contributed by atoms with Gasteiger partial charge in [-0.1, -0.05) is 18.8 Å². The summed E-state index contributed by atoms with van der Waals surface area (Å²) in [5.41, 5.74) is 0.885. The van der Waals surface area contributed by atoms with Crippen molar-refractivity contribution < 1.29 is 18.7 Å². The average molecular weight is 287 g/mol. The minimum Gasteiger partial charge on any atom is -0.469 e. The second-order valence-corrected chi connectivity index (χ2v) is 4.22. The summed E-state index contributed by atoms with van der Waals surface area (Å²) >= 11 is 0. The van der Waals surface area contributed by atoms with Crippen molar-refractivity contribution in [2.24, 2.45) is 0 Å². The number of aliphatic hydroxyl groups is 1. The van der Waals surface area contributed by atoms with Gasteiger partial charge in [0.2, 0.25) is 0 Å². The van der Waals surface area contributed by atoms with E-state index < -0.39 is 11.7 Å². The van der Waals surface area contributed by atoms with Crippen LogP contribution < -0.4 is 5.32 Å². The number of carbonyl (C=O) groups excluding carboxylic acids is 1. The Hall–Kier alpha value is -2.58. The lowest BCUT2D eigenvalue weighted by molar-refractivity contribution is 0.102. The van der Waals surface area contributed by atoms with Crippen molar-refractivity contribution in [3.63, 3.8) is 0 Å². The fraction of sp³-hybridized carbons (Fsp3) is 0.188. The molecule has 108 valence electrons. The monoisotopic (exact) mass is 287 g/mol. The number of carbonyl (C=O) groups is 1. The van der Waals surface area contributed by atoms with Gasteiger partial charge in [-0.3, -0.25) is 4.79 Å². The van der Waals surface area contributed by atoms with Gasteiger partial charge < -0.3 is 14.8 Å². The highest BCUT2D eigenvalue weighted by Crippen LogP contribution is 2.18. The number of furan rings is 1. The topological polar surface area (TPSA) is 62.5 Å². The molecule has 5 heteroatoms. The molecule has 2 rings (SSSR count). The van der Waals surface area contributed by atoms with Gasteiger partial charge in [0.15, 0.2) is 0 Å². The SMILES string of the molecule is CCc1occc1C(=O)Nc1ccc(C#CCO)cc1F. The number of rotatable bonds is 3. The highest BCUT2D eigenvalue weighted by atomic mass is 19.1.